The normalized spacial score (nSPS) is 10.7. The van der Waals surface area contributed by atoms with Crippen LogP contribution in [0.4, 0.5) is 0 Å². The number of benzene rings is 2. The molecule has 1 amide bonds. The van der Waals surface area contributed by atoms with Crippen molar-refractivity contribution in [1.82, 2.24) is 5.43 Å². The molecule has 0 aliphatic heterocycles. The van der Waals surface area contributed by atoms with Crippen molar-refractivity contribution in [2.24, 2.45) is 5.10 Å². The summed E-state index contributed by atoms with van der Waals surface area (Å²) in [4.78, 5) is 11.8. The molecule has 0 unspecified atom stereocenters. The highest BCUT2D eigenvalue weighted by atomic mass is 16.5. The van der Waals surface area contributed by atoms with E-state index in [0.29, 0.717) is 23.7 Å². The van der Waals surface area contributed by atoms with E-state index >= 15 is 0 Å². The van der Waals surface area contributed by atoms with Crippen molar-refractivity contribution in [1.29, 1.82) is 0 Å². The van der Waals surface area contributed by atoms with Gasteiger partial charge in [0.05, 0.1) is 12.8 Å². The third kappa shape index (κ3) is 5.53. The van der Waals surface area contributed by atoms with Gasteiger partial charge >= 0.3 is 0 Å². The summed E-state index contributed by atoms with van der Waals surface area (Å²) in [5.41, 5.74) is 4.94. The SMILES string of the molecule is CCOc1ccc(/C=N\NC(=O)COc2ccc(C)cc2C)c(O)c1. The minimum Gasteiger partial charge on any atom is -0.507 e. The Morgan fingerprint density at radius 3 is 2.68 bits per heavy atom. The van der Waals surface area contributed by atoms with Crippen molar-refractivity contribution in [3.05, 3.63) is 53.1 Å². The molecule has 0 radical (unpaired) electrons. The third-order valence-electron chi connectivity index (χ3n) is 3.39. The van der Waals surface area contributed by atoms with Gasteiger partial charge in [0.25, 0.3) is 5.91 Å². The van der Waals surface area contributed by atoms with Crippen LogP contribution in [0.3, 0.4) is 0 Å². The summed E-state index contributed by atoms with van der Waals surface area (Å²) >= 11 is 0. The Hall–Kier alpha value is -3.02. The number of amides is 1. The van der Waals surface area contributed by atoms with Crippen LogP contribution < -0.4 is 14.9 Å². The van der Waals surface area contributed by atoms with Crippen LogP contribution in [0.25, 0.3) is 0 Å². The second kappa shape index (κ2) is 8.73. The van der Waals surface area contributed by atoms with Crippen LogP contribution in [-0.2, 0) is 4.79 Å². The second-order valence-corrected chi connectivity index (χ2v) is 5.50. The maximum absolute atomic E-state index is 11.8. The first kappa shape index (κ1) is 18.3. The van der Waals surface area contributed by atoms with Crippen LogP contribution in [0.5, 0.6) is 17.2 Å². The van der Waals surface area contributed by atoms with E-state index in [2.05, 4.69) is 10.5 Å². The molecule has 0 heterocycles. The van der Waals surface area contributed by atoms with E-state index in [1.54, 1.807) is 12.1 Å². The Labute approximate surface area is 147 Å². The van der Waals surface area contributed by atoms with E-state index < -0.39 is 0 Å². The molecule has 0 atom stereocenters. The fraction of sp³-hybridized carbons (Fsp3) is 0.263. The van der Waals surface area contributed by atoms with Gasteiger partial charge in [-0.2, -0.15) is 5.10 Å². The molecule has 6 heteroatoms. The molecule has 0 aliphatic rings. The molecule has 0 spiro atoms. The van der Waals surface area contributed by atoms with Crippen LogP contribution in [0.2, 0.25) is 0 Å². The number of nitrogens with one attached hydrogen (secondary N) is 1. The first-order valence-corrected chi connectivity index (χ1v) is 7.97. The van der Waals surface area contributed by atoms with Crippen molar-refractivity contribution in [2.45, 2.75) is 20.8 Å². The summed E-state index contributed by atoms with van der Waals surface area (Å²) in [5.74, 6) is 0.870. The number of nitrogens with zero attached hydrogens (tertiary/aromatic N) is 1. The number of rotatable bonds is 7. The average molecular weight is 342 g/mol. The van der Waals surface area contributed by atoms with Crippen LogP contribution in [-0.4, -0.2) is 30.4 Å². The molecule has 6 nitrogen and oxygen atoms in total. The van der Waals surface area contributed by atoms with Gasteiger partial charge in [-0.05, 0) is 44.5 Å². The number of hydrogen-bond acceptors (Lipinski definition) is 5. The molecule has 0 bridgehead atoms. The summed E-state index contributed by atoms with van der Waals surface area (Å²) in [5, 5.41) is 13.7. The molecular formula is C19H22N2O4. The summed E-state index contributed by atoms with van der Waals surface area (Å²) in [6, 6.07) is 10.6. The number of phenolic OH excluding ortho intramolecular Hbond substituents is 1. The smallest absolute Gasteiger partial charge is 0.277 e. The minimum atomic E-state index is -0.387. The van der Waals surface area contributed by atoms with E-state index in [4.69, 9.17) is 9.47 Å². The maximum atomic E-state index is 11.8. The standard InChI is InChI=1S/C19H22N2O4/c1-4-24-16-7-6-15(17(22)10-16)11-20-21-19(23)12-25-18-8-5-13(2)9-14(18)3/h5-11,22H,4,12H2,1-3H3,(H,21,23)/b20-11-. The highest BCUT2D eigenvalue weighted by Crippen LogP contribution is 2.22. The predicted octanol–water partition coefficient (Wildman–Crippen LogP) is 2.94. The minimum absolute atomic E-state index is 0.0236. The zero-order valence-corrected chi connectivity index (χ0v) is 14.6. The van der Waals surface area contributed by atoms with Gasteiger partial charge in [0.15, 0.2) is 6.61 Å². The summed E-state index contributed by atoms with van der Waals surface area (Å²) in [6.07, 6.45) is 1.36. The number of aromatic hydroxyl groups is 1. The number of hydrazone groups is 1. The number of aryl methyl sites for hydroxylation is 2. The van der Waals surface area contributed by atoms with Gasteiger partial charge in [0, 0.05) is 11.6 Å². The Morgan fingerprint density at radius 1 is 1.20 bits per heavy atom. The lowest BCUT2D eigenvalue weighted by Crippen LogP contribution is -2.24. The fourth-order valence-electron chi connectivity index (χ4n) is 2.20. The van der Waals surface area contributed by atoms with Crippen molar-refractivity contribution in [2.75, 3.05) is 13.2 Å². The number of carbonyl (C=O) groups is 1. The zero-order chi connectivity index (χ0) is 18.2. The molecule has 2 aromatic carbocycles. The summed E-state index contributed by atoms with van der Waals surface area (Å²) in [6.45, 7) is 6.16. The molecule has 25 heavy (non-hydrogen) atoms. The van der Waals surface area contributed by atoms with Crippen molar-refractivity contribution < 1.29 is 19.4 Å². The first-order valence-electron chi connectivity index (χ1n) is 7.97. The van der Waals surface area contributed by atoms with Gasteiger partial charge in [-0.15, -0.1) is 0 Å². The quantitative estimate of drug-likeness (QED) is 0.599. The van der Waals surface area contributed by atoms with Crippen molar-refractivity contribution in [3.8, 4) is 17.2 Å². The molecule has 0 saturated carbocycles. The maximum Gasteiger partial charge on any atom is 0.277 e. The summed E-state index contributed by atoms with van der Waals surface area (Å²) < 4.78 is 10.8. The van der Waals surface area contributed by atoms with Gasteiger partial charge in [-0.3, -0.25) is 4.79 Å². The predicted molar refractivity (Wildman–Crippen MR) is 96.4 cm³/mol. The molecule has 0 aromatic heterocycles. The Morgan fingerprint density at radius 2 is 2.00 bits per heavy atom. The van der Waals surface area contributed by atoms with Crippen LogP contribution in [0, 0.1) is 13.8 Å². The molecular weight excluding hydrogens is 320 g/mol. The number of hydrogen-bond donors (Lipinski definition) is 2. The monoisotopic (exact) mass is 342 g/mol. The van der Waals surface area contributed by atoms with Crippen molar-refractivity contribution >= 4 is 12.1 Å². The lowest BCUT2D eigenvalue weighted by molar-refractivity contribution is -0.123. The molecule has 2 N–H and O–H groups in total. The molecule has 0 saturated heterocycles. The van der Waals surface area contributed by atoms with Gasteiger partial charge in [0.1, 0.15) is 17.2 Å². The first-order chi connectivity index (χ1) is 12.0. The van der Waals surface area contributed by atoms with Gasteiger partial charge in [-0.1, -0.05) is 17.7 Å². The Balaban J connectivity index is 1.86. The fourth-order valence-corrected chi connectivity index (χ4v) is 2.20. The lowest BCUT2D eigenvalue weighted by Gasteiger charge is -2.08. The Kier molecular flexibility index (Phi) is 6.39. The van der Waals surface area contributed by atoms with E-state index in [-0.39, 0.29) is 18.3 Å². The van der Waals surface area contributed by atoms with Crippen LogP contribution >= 0.6 is 0 Å². The van der Waals surface area contributed by atoms with Crippen LogP contribution in [0.1, 0.15) is 23.6 Å². The van der Waals surface area contributed by atoms with Crippen LogP contribution in [0.15, 0.2) is 41.5 Å². The number of ether oxygens (including phenoxy) is 2. The highest BCUT2D eigenvalue weighted by molar-refractivity contribution is 5.85. The number of carbonyl (C=O) groups excluding carboxylic acids is 1. The van der Waals surface area contributed by atoms with Crippen molar-refractivity contribution in [3.63, 3.8) is 0 Å². The summed E-state index contributed by atoms with van der Waals surface area (Å²) in [7, 11) is 0. The van der Waals surface area contributed by atoms with Gasteiger partial charge in [0.2, 0.25) is 0 Å². The molecule has 132 valence electrons. The highest BCUT2D eigenvalue weighted by Gasteiger charge is 2.05. The molecule has 0 aliphatic carbocycles. The number of phenols is 1. The van der Waals surface area contributed by atoms with E-state index in [9.17, 15) is 9.90 Å². The zero-order valence-electron chi connectivity index (χ0n) is 14.6. The van der Waals surface area contributed by atoms with Gasteiger partial charge in [-0.25, -0.2) is 5.43 Å². The molecule has 0 fully saturated rings. The Bertz CT molecular complexity index is 772. The third-order valence-corrected chi connectivity index (χ3v) is 3.39. The van der Waals surface area contributed by atoms with Gasteiger partial charge < -0.3 is 14.6 Å². The van der Waals surface area contributed by atoms with E-state index in [0.717, 1.165) is 11.1 Å². The second-order valence-electron chi connectivity index (χ2n) is 5.50. The largest absolute Gasteiger partial charge is 0.507 e. The average Bonchev–Trinajstić information content (AvgIpc) is 2.56. The van der Waals surface area contributed by atoms with E-state index in [1.165, 1.54) is 12.3 Å². The molecule has 2 aromatic rings. The molecule has 2 rings (SSSR count). The van der Waals surface area contributed by atoms with E-state index in [1.807, 2.05) is 39.0 Å². The topological polar surface area (TPSA) is 80.2 Å². The lowest BCUT2D eigenvalue weighted by atomic mass is 10.1.